The molecule has 6 bridgehead atoms. The standard InChI is InChI=1S/C23H24ClN5O3/c1-23(2,3)32-20(30)13-31-19-7-6-16-9-15(19)5-4-14-8-17(11-25-10-14)28-22-26-12-18(24)21(27-16)29-22/h6-12H,4-5,13H2,1-3H3,(H2,26,27,28,29). The van der Waals surface area contributed by atoms with Gasteiger partial charge in [0, 0.05) is 11.9 Å². The summed E-state index contributed by atoms with van der Waals surface area (Å²) in [5, 5.41) is 6.79. The van der Waals surface area contributed by atoms with Crippen LogP contribution in [0, 0.1) is 0 Å². The van der Waals surface area contributed by atoms with Crippen LogP contribution in [-0.2, 0) is 22.4 Å². The van der Waals surface area contributed by atoms with Crippen molar-refractivity contribution in [2.24, 2.45) is 0 Å². The van der Waals surface area contributed by atoms with Crippen molar-refractivity contribution in [3.63, 3.8) is 0 Å². The summed E-state index contributed by atoms with van der Waals surface area (Å²) in [6, 6.07) is 7.64. The van der Waals surface area contributed by atoms with E-state index in [9.17, 15) is 4.79 Å². The van der Waals surface area contributed by atoms with E-state index >= 15 is 0 Å². The zero-order valence-electron chi connectivity index (χ0n) is 18.1. The number of nitrogens with one attached hydrogen (secondary N) is 2. The molecule has 1 aliphatic heterocycles. The average Bonchev–Trinajstić information content (AvgIpc) is 2.73. The van der Waals surface area contributed by atoms with Gasteiger partial charge in [0.05, 0.1) is 18.1 Å². The third kappa shape index (κ3) is 5.64. The zero-order valence-corrected chi connectivity index (χ0v) is 18.9. The van der Waals surface area contributed by atoms with E-state index in [1.807, 2.05) is 51.2 Å². The molecule has 0 saturated heterocycles. The van der Waals surface area contributed by atoms with E-state index in [4.69, 9.17) is 21.1 Å². The Morgan fingerprint density at radius 3 is 2.75 bits per heavy atom. The number of fused-ring (bicyclic) bond motifs is 6. The number of hydrogen-bond acceptors (Lipinski definition) is 8. The number of ether oxygens (including phenoxy) is 2. The third-order valence-electron chi connectivity index (χ3n) is 4.57. The molecule has 0 aliphatic carbocycles. The summed E-state index contributed by atoms with van der Waals surface area (Å²) in [7, 11) is 0. The first kappa shape index (κ1) is 21.8. The molecular weight excluding hydrogens is 430 g/mol. The molecule has 0 amide bonds. The fourth-order valence-corrected chi connectivity index (χ4v) is 3.39. The fraction of sp³-hybridized carbons (Fsp3) is 0.304. The fourth-order valence-electron chi connectivity index (χ4n) is 3.25. The second-order valence-electron chi connectivity index (χ2n) is 8.42. The largest absolute Gasteiger partial charge is 0.482 e. The summed E-state index contributed by atoms with van der Waals surface area (Å²) in [4.78, 5) is 25.1. The van der Waals surface area contributed by atoms with Crippen LogP contribution in [0.3, 0.4) is 0 Å². The molecule has 0 unspecified atom stereocenters. The Morgan fingerprint density at radius 2 is 1.94 bits per heavy atom. The Balaban J connectivity index is 1.65. The first-order valence-corrected chi connectivity index (χ1v) is 10.6. The number of carbonyl (C=O) groups is 1. The molecule has 166 valence electrons. The van der Waals surface area contributed by atoms with Crippen LogP contribution in [0.4, 0.5) is 23.1 Å². The quantitative estimate of drug-likeness (QED) is 0.544. The van der Waals surface area contributed by atoms with Crippen molar-refractivity contribution >= 4 is 40.7 Å². The lowest BCUT2D eigenvalue weighted by Crippen LogP contribution is -2.27. The van der Waals surface area contributed by atoms with Crippen LogP contribution in [0.1, 0.15) is 31.9 Å². The number of aromatic nitrogens is 3. The minimum absolute atomic E-state index is 0.168. The molecule has 2 N–H and O–H groups in total. The Hall–Kier alpha value is -3.39. The number of pyridine rings is 1. The molecule has 0 spiro atoms. The van der Waals surface area contributed by atoms with Crippen molar-refractivity contribution in [3.8, 4) is 5.75 Å². The maximum absolute atomic E-state index is 12.1. The van der Waals surface area contributed by atoms with Gasteiger partial charge in [-0.3, -0.25) is 4.98 Å². The molecule has 3 aromatic rings. The first-order valence-electron chi connectivity index (χ1n) is 10.2. The van der Waals surface area contributed by atoms with Crippen LogP contribution < -0.4 is 15.4 Å². The Labute approximate surface area is 191 Å². The summed E-state index contributed by atoms with van der Waals surface area (Å²) in [5.41, 5.74) is 2.98. The molecule has 32 heavy (non-hydrogen) atoms. The van der Waals surface area contributed by atoms with Crippen LogP contribution in [0.2, 0.25) is 5.02 Å². The molecule has 2 aromatic heterocycles. The van der Waals surface area contributed by atoms with E-state index in [2.05, 4.69) is 25.6 Å². The highest BCUT2D eigenvalue weighted by Crippen LogP contribution is 2.30. The van der Waals surface area contributed by atoms with Crippen LogP contribution in [0.25, 0.3) is 0 Å². The van der Waals surface area contributed by atoms with Gasteiger partial charge < -0.3 is 20.1 Å². The zero-order chi connectivity index (χ0) is 22.7. The number of nitrogens with zero attached hydrogens (tertiary/aromatic N) is 3. The second-order valence-corrected chi connectivity index (χ2v) is 8.83. The molecule has 8 nitrogen and oxygen atoms in total. The van der Waals surface area contributed by atoms with Gasteiger partial charge in [-0.1, -0.05) is 11.6 Å². The number of esters is 1. The van der Waals surface area contributed by atoms with Crippen LogP contribution in [-0.4, -0.2) is 33.1 Å². The van der Waals surface area contributed by atoms with Gasteiger partial charge in [-0.05, 0) is 69.0 Å². The molecule has 0 fully saturated rings. The normalized spacial score (nSPS) is 12.9. The lowest BCUT2D eigenvalue weighted by Gasteiger charge is -2.20. The van der Waals surface area contributed by atoms with Gasteiger partial charge in [-0.2, -0.15) is 4.98 Å². The predicted molar refractivity (Wildman–Crippen MR) is 123 cm³/mol. The highest BCUT2D eigenvalue weighted by Gasteiger charge is 2.18. The van der Waals surface area contributed by atoms with Gasteiger partial charge in [-0.15, -0.1) is 0 Å². The highest BCUT2D eigenvalue weighted by atomic mass is 35.5. The maximum Gasteiger partial charge on any atom is 0.344 e. The Bertz CT molecular complexity index is 1150. The van der Waals surface area contributed by atoms with Gasteiger partial charge in [0.1, 0.15) is 16.4 Å². The van der Waals surface area contributed by atoms with Gasteiger partial charge in [-0.25, -0.2) is 9.78 Å². The lowest BCUT2D eigenvalue weighted by molar-refractivity contribution is -0.157. The monoisotopic (exact) mass is 453 g/mol. The number of carbonyl (C=O) groups excluding carboxylic acids is 1. The summed E-state index contributed by atoms with van der Waals surface area (Å²) in [6.07, 6.45) is 6.48. The lowest BCUT2D eigenvalue weighted by atomic mass is 10.0. The molecule has 4 rings (SSSR count). The molecule has 9 heteroatoms. The third-order valence-corrected chi connectivity index (χ3v) is 4.84. The molecule has 1 aromatic carbocycles. The molecule has 3 heterocycles. The Kier molecular flexibility index (Phi) is 6.14. The van der Waals surface area contributed by atoms with Crippen molar-refractivity contribution < 1.29 is 14.3 Å². The number of rotatable bonds is 3. The molecule has 0 radical (unpaired) electrons. The smallest absolute Gasteiger partial charge is 0.344 e. The molecular formula is C23H24ClN5O3. The van der Waals surface area contributed by atoms with Crippen molar-refractivity contribution in [2.75, 3.05) is 17.2 Å². The SMILES string of the molecule is CC(C)(C)OC(=O)COc1ccc2cc1CCc1cncc(c1)Nc1ncc(Cl)c(n1)N2. The van der Waals surface area contributed by atoms with E-state index in [-0.39, 0.29) is 6.61 Å². The first-order chi connectivity index (χ1) is 15.2. The number of anilines is 4. The molecule has 0 saturated carbocycles. The van der Waals surface area contributed by atoms with Crippen molar-refractivity contribution in [3.05, 3.63) is 59.0 Å². The van der Waals surface area contributed by atoms with Gasteiger partial charge >= 0.3 is 5.97 Å². The summed E-state index contributed by atoms with van der Waals surface area (Å²) < 4.78 is 11.2. The van der Waals surface area contributed by atoms with Crippen LogP contribution in [0.5, 0.6) is 5.75 Å². The van der Waals surface area contributed by atoms with Crippen molar-refractivity contribution in [2.45, 2.75) is 39.2 Å². The van der Waals surface area contributed by atoms with Gasteiger partial charge in [0.15, 0.2) is 12.4 Å². The van der Waals surface area contributed by atoms with Crippen LogP contribution in [0.15, 0.2) is 42.9 Å². The predicted octanol–water partition coefficient (Wildman–Crippen LogP) is 4.83. The van der Waals surface area contributed by atoms with Gasteiger partial charge in [0.2, 0.25) is 5.95 Å². The average molecular weight is 454 g/mol. The minimum Gasteiger partial charge on any atom is -0.482 e. The number of aryl methyl sites for hydroxylation is 2. The number of hydrogen-bond donors (Lipinski definition) is 2. The van der Waals surface area contributed by atoms with Gasteiger partial charge in [0.25, 0.3) is 0 Å². The summed E-state index contributed by atoms with van der Waals surface area (Å²) >= 11 is 6.30. The topological polar surface area (TPSA) is 98.3 Å². The summed E-state index contributed by atoms with van der Waals surface area (Å²) in [6.45, 7) is 5.30. The van der Waals surface area contributed by atoms with E-state index < -0.39 is 11.6 Å². The van der Waals surface area contributed by atoms with Crippen molar-refractivity contribution in [1.29, 1.82) is 0 Å². The highest BCUT2D eigenvalue weighted by molar-refractivity contribution is 6.32. The summed E-state index contributed by atoms with van der Waals surface area (Å²) in [5.74, 6) is 1.08. The van der Waals surface area contributed by atoms with E-state index in [1.165, 1.54) is 6.20 Å². The number of benzene rings is 1. The number of halogens is 1. The van der Waals surface area contributed by atoms with Crippen molar-refractivity contribution in [1.82, 2.24) is 15.0 Å². The van der Waals surface area contributed by atoms with Crippen LogP contribution >= 0.6 is 11.6 Å². The maximum atomic E-state index is 12.1. The second kappa shape index (κ2) is 9.00. The van der Waals surface area contributed by atoms with E-state index in [0.717, 1.165) is 28.9 Å². The molecule has 1 aliphatic rings. The minimum atomic E-state index is -0.564. The van der Waals surface area contributed by atoms with E-state index in [0.29, 0.717) is 29.0 Å². The Morgan fingerprint density at radius 1 is 1.09 bits per heavy atom. The molecule has 0 atom stereocenters. The van der Waals surface area contributed by atoms with E-state index in [1.54, 1.807) is 6.20 Å².